The Balaban J connectivity index is 0.000000511. The standard InChI is InChI=1S/C14H15N.C10H21NO.C6H14/c1-11(2)12-6-5-7-13(10-12)14-8-3-4-9-15-14;1-7(2)9(10(4,5)6)11-8(3)12;1-5(2)6(3)4/h3-11H,1-2H3;7,9H,1-6H3,(H,11,12);5-6H,1-4H3/t;9-;/m.1./s1. The van der Waals surface area contributed by atoms with Gasteiger partial charge < -0.3 is 5.32 Å². The van der Waals surface area contributed by atoms with Crippen molar-refractivity contribution in [1.29, 1.82) is 0 Å². The van der Waals surface area contributed by atoms with Gasteiger partial charge >= 0.3 is 0 Å². The fraction of sp³-hybridized carbons (Fsp3) is 0.600. The molecule has 2 aromatic rings. The van der Waals surface area contributed by atoms with E-state index in [0.717, 1.165) is 17.5 Å². The van der Waals surface area contributed by atoms with E-state index in [2.05, 4.69) is 111 Å². The van der Waals surface area contributed by atoms with Crippen LogP contribution >= 0.6 is 0 Å². The summed E-state index contributed by atoms with van der Waals surface area (Å²) in [5, 5.41) is 2.98. The first-order valence-corrected chi connectivity index (χ1v) is 12.4. The van der Waals surface area contributed by atoms with Gasteiger partial charge in [-0.25, -0.2) is 0 Å². The summed E-state index contributed by atoms with van der Waals surface area (Å²) in [6.45, 7) is 25.6. The molecule has 33 heavy (non-hydrogen) atoms. The molecule has 1 atom stereocenters. The van der Waals surface area contributed by atoms with E-state index in [9.17, 15) is 4.79 Å². The van der Waals surface area contributed by atoms with Gasteiger partial charge in [-0.1, -0.05) is 100 Å². The third-order valence-corrected chi connectivity index (χ3v) is 5.81. The molecule has 0 fully saturated rings. The Morgan fingerprint density at radius 2 is 1.39 bits per heavy atom. The van der Waals surface area contributed by atoms with Gasteiger partial charge in [-0.05, 0) is 52.8 Å². The van der Waals surface area contributed by atoms with E-state index in [0.29, 0.717) is 11.8 Å². The SMILES string of the molecule is CC(=O)N[C@H](C(C)C)C(C)(C)C.CC(C)C(C)C.CC(C)c1cccc(-c2ccccn2)c1. The van der Waals surface area contributed by atoms with Gasteiger partial charge in [0, 0.05) is 24.7 Å². The second-order valence-corrected chi connectivity index (χ2v) is 11.3. The molecule has 0 bridgehead atoms. The number of nitrogens with zero attached hydrogens (tertiary/aromatic N) is 1. The summed E-state index contributed by atoms with van der Waals surface area (Å²) in [5.41, 5.74) is 3.74. The summed E-state index contributed by atoms with van der Waals surface area (Å²) in [7, 11) is 0. The first-order valence-electron chi connectivity index (χ1n) is 12.4. The lowest BCUT2D eigenvalue weighted by atomic mass is 9.80. The van der Waals surface area contributed by atoms with E-state index < -0.39 is 0 Å². The van der Waals surface area contributed by atoms with Crippen molar-refractivity contribution in [2.45, 2.75) is 95.0 Å². The highest BCUT2D eigenvalue weighted by molar-refractivity contribution is 5.73. The maximum Gasteiger partial charge on any atom is 0.217 e. The van der Waals surface area contributed by atoms with Crippen molar-refractivity contribution >= 4 is 5.91 Å². The lowest BCUT2D eigenvalue weighted by molar-refractivity contribution is -0.120. The van der Waals surface area contributed by atoms with Crippen molar-refractivity contribution in [3.8, 4) is 11.3 Å². The Morgan fingerprint density at radius 3 is 1.73 bits per heavy atom. The second kappa shape index (κ2) is 14.9. The topological polar surface area (TPSA) is 42.0 Å². The van der Waals surface area contributed by atoms with E-state index in [-0.39, 0.29) is 17.4 Å². The zero-order valence-corrected chi connectivity index (χ0v) is 23.4. The molecule has 3 heteroatoms. The molecule has 3 nitrogen and oxygen atoms in total. The average molecular weight is 455 g/mol. The number of hydrogen-bond donors (Lipinski definition) is 1. The number of rotatable bonds is 5. The molecule has 0 aliphatic rings. The smallest absolute Gasteiger partial charge is 0.217 e. The molecule has 0 aliphatic carbocycles. The zero-order chi connectivity index (χ0) is 25.8. The fourth-order valence-electron chi connectivity index (χ4n) is 3.19. The highest BCUT2D eigenvalue weighted by atomic mass is 16.1. The third kappa shape index (κ3) is 13.2. The summed E-state index contributed by atoms with van der Waals surface area (Å²) in [6.07, 6.45) is 1.83. The molecule has 1 aromatic heterocycles. The van der Waals surface area contributed by atoms with E-state index in [1.54, 1.807) is 6.92 Å². The first-order chi connectivity index (χ1) is 15.2. The van der Waals surface area contributed by atoms with Crippen LogP contribution in [0, 0.1) is 23.2 Å². The molecule has 0 unspecified atom stereocenters. The maximum absolute atomic E-state index is 10.9. The van der Waals surface area contributed by atoms with Crippen molar-refractivity contribution in [1.82, 2.24) is 10.3 Å². The van der Waals surface area contributed by atoms with Gasteiger partial charge in [0.05, 0.1) is 5.69 Å². The largest absolute Gasteiger partial charge is 0.353 e. The lowest BCUT2D eigenvalue weighted by Crippen LogP contribution is -2.46. The highest BCUT2D eigenvalue weighted by Crippen LogP contribution is 2.25. The predicted octanol–water partition coefficient (Wildman–Crippen LogP) is 8.36. The van der Waals surface area contributed by atoms with Gasteiger partial charge in [-0.3, -0.25) is 9.78 Å². The van der Waals surface area contributed by atoms with Crippen LogP contribution < -0.4 is 5.32 Å². The quantitative estimate of drug-likeness (QED) is 0.493. The minimum absolute atomic E-state index is 0.0589. The van der Waals surface area contributed by atoms with Crippen LogP contribution in [0.1, 0.15) is 94.6 Å². The number of amides is 1. The molecule has 1 heterocycles. The van der Waals surface area contributed by atoms with Crippen molar-refractivity contribution in [3.05, 3.63) is 54.2 Å². The Morgan fingerprint density at radius 1 is 0.818 bits per heavy atom. The predicted molar refractivity (Wildman–Crippen MR) is 145 cm³/mol. The minimum atomic E-state index is 0.0589. The van der Waals surface area contributed by atoms with Gasteiger partial charge in [0.15, 0.2) is 0 Å². The monoisotopic (exact) mass is 454 g/mol. The maximum atomic E-state index is 10.9. The summed E-state index contributed by atoms with van der Waals surface area (Å²) in [5.74, 6) is 2.81. The molecular weight excluding hydrogens is 404 g/mol. The number of hydrogen-bond acceptors (Lipinski definition) is 2. The fourth-order valence-corrected chi connectivity index (χ4v) is 3.19. The van der Waals surface area contributed by atoms with Crippen molar-refractivity contribution in [3.63, 3.8) is 0 Å². The van der Waals surface area contributed by atoms with Gasteiger partial charge in [-0.15, -0.1) is 0 Å². The molecule has 1 N–H and O–H groups in total. The normalized spacial score (nSPS) is 12.1. The molecule has 0 saturated heterocycles. The highest BCUT2D eigenvalue weighted by Gasteiger charge is 2.27. The number of carbonyl (C=O) groups is 1. The van der Waals surface area contributed by atoms with E-state index in [4.69, 9.17) is 0 Å². The van der Waals surface area contributed by atoms with Gasteiger partial charge in [-0.2, -0.15) is 0 Å². The minimum Gasteiger partial charge on any atom is -0.353 e. The molecule has 186 valence electrons. The lowest BCUT2D eigenvalue weighted by Gasteiger charge is -2.34. The molecule has 0 spiro atoms. The average Bonchev–Trinajstić information content (AvgIpc) is 2.72. The van der Waals surface area contributed by atoms with Crippen LogP contribution in [0.15, 0.2) is 48.7 Å². The van der Waals surface area contributed by atoms with Crippen LogP contribution in [0.25, 0.3) is 11.3 Å². The first kappa shape index (κ1) is 30.8. The van der Waals surface area contributed by atoms with E-state index in [1.165, 1.54) is 11.1 Å². The van der Waals surface area contributed by atoms with Crippen LogP contribution in [0.4, 0.5) is 0 Å². The number of pyridine rings is 1. The summed E-state index contributed by atoms with van der Waals surface area (Å²) in [6, 6.07) is 14.8. The van der Waals surface area contributed by atoms with Crippen molar-refractivity contribution in [2.75, 3.05) is 0 Å². The van der Waals surface area contributed by atoms with Crippen LogP contribution in [0.3, 0.4) is 0 Å². The van der Waals surface area contributed by atoms with Crippen LogP contribution in [-0.2, 0) is 4.79 Å². The molecular formula is C30H50N2O. The molecule has 0 aliphatic heterocycles. The molecule has 0 radical (unpaired) electrons. The van der Waals surface area contributed by atoms with Crippen molar-refractivity contribution < 1.29 is 4.79 Å². The molecule has 1 amide bonds. The zero-order valence-electron chi connectivity index (χ0n) is 23.4. The summed E-state index contributed by atoms with van der Waals surface area (Å²) in [4.78, 5) is 15.2. The summed E-state index contributed by atoms with van der Waals surface area (Å²) < 4.78 is 0. The number of carbonyl (C=O) groups excluding carboxylic acids is 1. The second-order valence-electron chi connectivity index (χ2n) is 11.3. The Bertz CT molecular complexity index is 780. The van der Waals surface area contributed by atoms with Gasteiger partial charge in [0.2, 0.25) is 5.91 Å². The Hall–Kier alpha value is -2.16. The summed E-state index contributed by atoms with van der Waals surface area (Å²) >= 11 is 0. The third-order valence-electron chi connectivity index (χ3n) is 5.81. The number of aromatic nitrogens is 1. The van der Waals surface area contributed by atoms with Crippen LogP contribution in [0.5, 0.6) is 0 Å². The molecule has 2 rings (SSSR count). The van der Waals surface area contributed by atoms with Crippen LogP contribution in [0.2, 0.25) is 0 Å². The molecule has 0 saturated carbocycles. The van der Waals surface area contributed by atoms with Gasteiger partial charge in [0.1, 0.15) is 0 Å². The number of nitrogens with one attached hydrogen (secondary N) is 1. The van der Waals surface area contributed by atoms with Crippen LogP contribution in [-0.4, -0.2) is 16.9 Å². The van der Waals surface area contributed by atoms with Crippen molar-refractivity contribution in [2.24, 2.45) is 23.2 Å². The van der Waals surface area contributed by atoms with E-state index >= 15 is 0 Å². The molecule has 1 aromatic carbocycles. The van der Waals surface area contributed by atoms with Gasteiger partial charge in [0.25, 0.3) is 0 Å². The Labute approximate surface area is 204 Å². The Kier molecular flexibility index (Phi) is 13.9. The number of benzene rings is 1. The van der Waals surface area contributed by atoms with E-state index in [1.807, 2.05) is 24.4 Å².